The Hall–Kier alpha value is -2.78. The highest BCUT2D eigenvalue weighted by Gasteiger charge is 2.36. The first kappa shape index (κ1) is 22.4. The SMILES string of the molecule is COC1(C)CC1.N=Cc1ccc(-c2noc(C3CCN(C=O)CC3)n2)cc1NC1COC1. The summed E-state index contributed by atoms with van der Waals surface area (Å²) < 4.78 is 15.7. The minimum Gasteiger partial charge on any atom is -0.379 e. The first-order chi connectivity index (χ1) is 15.5. The summed E-state index contributed by atoms with van der Waals surface area (Å²) in [6, 6.07) is 5.99. The average molecular weight is 442 g/mol. The smallest absolute Gasteiger partial charge is 0.230 e. The molecule has 1 aromatic carbocycles. The third-order valence-electron chi connectivity index (χ3n) is 6.38. The van der Waals surface area contributed by atoms with Crippen molar-refractivity contribution in [1.29, 1.82) is 5.41 Å². The fourth-order valence-corrected chi connectivity index (χ4v) is 3.64. The molecule has 2 N–H and O–H groups in total. The molecule has 0 spiro atoms. The second kappa shape index (κ2) is 9.79. The number of hydrogen-bond acceptors (Lipinski definition) is 8. The molecule has 0 unspecified atom stereocenters. The third-order valence-corrected chi connectivity index (χ3v) is 6.38. The van der Waals surface area contributed by atoms with Crippen LogP contribution in [-0.4, -0.2) is 72.7 Å². The van der Waals surface area contributed by atoms with Crippen LogP contribution in [0.2, 0.25) is 0 Å². The summed E-state index contributed by atoms with van der Waals surface area (Å²) in [5.41, 5.74) is 2.82. The number of anilines is 1. The highest BCUT2D eigenvalue weighted by Crippen LogP contribution is 2.37. The molecule has 3 heterocycles. The first-order valence-corrected chi connectivity index (χ1v) is 11.1. The number of nitrogens with one attached hydrogen (secondary N) is 2. The van der Waals surface area contributed by atoms with Crippen LogP contribution in [0.1, 0.15) is 50.0 Å². The number of likely N-dealkylation sites (tertiary alicyclic amines) is 1. The summed E-state index contributed by atoms with van der Waals surface area (Å²) in [4.78, 5) is 17.2. The van der Waals surface area contributed by atoms with Gasteiger partial charge in [0.05, 0.1) is 24.9 Å². The molecule has 0 radical (unpaired) electrons. The van der Waals surface area contributed by atoms with Crippen molar-refractivity contribution in [3.05, 3.63) is 29.7 Å². The van der Waals surface area contributed by atoms with Crippen molar-refractivity contribution in [2.45, 2.75) is 50.2 Å². The van der Waals surface area contributed by atoms with E-state index in [4.69, 9.17) is 19.4 Å². The lowest BCUT2D eigenvalue weighted by molar-refractivity contribution is -0.119. The number of hydrogen-bond donors (Lipinski definition) is 2. The molecule has 1 aromatic heterocycles. The number of ether oxygens (including phenoxy) is 2. The number of rotatable bonds is 7. The third kappa shape index (κ3) is 5.34. The van der Waals surface area contributed by atoms with Gasteiger partial charge in [0.1, 0.15) is 0 Å². The molecule has 1 aliphatic carbocycles. The summed E-state index contributed by atoms with van der Waals surface area (Å²) >= 11 is 0. The van der Waals surface area contributed by atoms with Gasteiger partial charge in [0.2, 0.25) is 18.1 Å². The van der Waals surface area contributed by atoms with Crippen LogP contribution in [0.25, 0.3) is 11.4 Å². The highest BCUT2D eigenvalue weighted by molar-refractivity contribution is 5.87. The van der Waals surface area contributed by atoms with Crippen molar-refractivity contribution in [3.63, 3.8) is 0 Å². The molecule has 1 saturated carbocycles. The van der Waals surface area contributed by atoms with Gasteiger partial charge >= 0.3 is 0 Å². The van der Waals surface area contributed by atoms with Crippen LogP contribution in [-0.2, 0) is 14.3 Å². The van der Waals surface area contributed by atoms with E-state index in [1.165, 1.54) is 19.1 Å². The number of nitrogens with zero attached hydrogens (tertiary/aromatic N) is 3. The Kier molecular flexibility index (Phi) is 6.86. The standard InChI is InChI=1S/C18H21N5O3.C5H10O/c19-8-14-2-1-13(7-16(14)20-15-9-25-10-15)17-21-18(26-22-17)12-3-5-23(11-24)6-4-12;1-5(6-2)3-4-5/h1-2,7-8,11-12,15,19-20H,3-6,9-10H2;3-4H2,1-2H3. The van der Waals surface area contributed by atoms with Crippen LogP contribution in [0.5, 0.6) is 0 Å². The topological polar surface area (TPSA) is 114 Å². The second-order valence-corrected chi connectivity index (χ2v) is 8.85. The number of carbonyl (C=O) groups is 1. The van der Waals surface area contributed by atoms with Crippen molar-refractivity contribution in [1.82, 2.24) is 15.0 Å². The molecule has 2 aliphatic heterocycles. The Morgan fingerprint density at radius 2 is 2.03 bits per heavy atom. The van der Waals surface area contributed by atoms with Crippen LogP contribution >= 0.6 is 0 Å². The van der Waals surface area contributed by atoms with E-state index in [1.807, 2.05) is 18.2 Å². The van der Waals surface area contributed by atoms with E-state index < -0.39 is 0 Å². The van der Waals surface area contributed by atoms with Gasteiger partial charge in [-0.25, -0.2) is 0 Å². The molecule has 5 rings (SSSR count). The van der Waals surface area contributed by atoms with E-state index in [0.29, 0.717) is 30.5 Å². The summed E-state index contributed by atoms with van der Waals surface area (Å²) in [6.07, 6.45) is 6.40. The first-order valence-electron chi connectivity index (χ1n) is 11.1. The number of methoxy groups -OCH3 is 1. The van der Waals surface area contributed by atoms with Crippen molar-refractivity contribution >= 4 is 18.3 Å². The molecule has 9 heteroatoms. The normalized spacial score (nSPS) is 20.0. The number of amides is 1. The fraction of sp³-hybridized carbons (Fsp3) is 0.565. The summed E-state index contributed by atoms with van der Waals surface area (Å²) in [7, 11) is 1.77. The molecule has 0 atom stereocenters. The minimum absolute atomic E-state index is 0.193. The molecule has 172 valence electrons. The van der Waals surface area contributed by atoms with Crippen molar-refractivity contribution in [2.24, 2.45) is 0 Å². The van der Waals surface area contributed by atoms with Gasteiger partial charge in [0, 0.05) is 49.1 Å². The van der Waals surface area contributed by atoms with Gasteiger partial charge in [-0.2, -0.15) is 4.98 Å². The maximum absolute atomic E-state index is 10.8. The average Bonchev–Trinajstić information content (AvgIpc) is 3.35. The van der Waals surface area contributed by atoms with Gasteiger partial charge in [-0.3, -0.25) is 4.79 Å². The molecule has 2 aromatic rings. The summed E-state index contributed by atoms with van der Waals surface area (Å²) in [5.74, 6) is 1.36. The maximum Gasteiger partial charge on any atom is 0.230 e. The van der Waals surface area contributed by atoms with Crippen molar-refractivity contribution in [2.75, 3.05) is 38.7 Å². The Morgan fingerprint density at radius 1 is 1.28 bits per heavy atom. The number of aromatic nitrogens is 2. The Bertz CT molecular complexity index is 930. The molecular weight excluding hydrogens is 410 g/mol. The largest absolute Gasteiger partial charge is 0.379 e. The molecule has 3 fully saturated rings. The maximum atomic E-state index is 10.8. The molecule has 1 amide bonds. The number of benzene rings is 1. The Morgan fingerprint density at radius 3 is 2.56 bits per heavy atom. The van der Waals surface area contributed by atoms with Crippen LogP contribution in [0.4, 0.5) is 5.69 Å². The predicted molar refractivity (Wildman–Crippen MR) is 120 cm³/mol. The van der Waals surface area contributed by atoms with Gasteiger partial charge in [-0.15, -0.1) is 0 Å². The summed E-state index contributed by atoms with van der Waals surface area (Å²) in [5, 5.41) is 15.1. The van der Waals surface area contributed by atoms with Gasteiger partial charge in [-0.1, -0.05) is 17.3 Å². The van der Waals surface area contributed by atoms with Crippen LogP contribution < -0.4 is 5.32 Å². The predicted octanol–water partition coefficient (Wildman–Crippen LogP) is 3.07. The Balaban J connectivity index is 0.000000354. The lowest BCUT2D eigenvalue weighted by atomic mass is 9.97. The van der Waals surface area contributed by atoms with E-state index in [1.54, 1.807) is 12.0 Å². The zero-order valence-electron chi connectivity index (χ0n) is 18.7. The zero-order chi connectivity index (χ0) is 22.6. The summed E-state index contributed by atoms with van der Waals surface area (Å²) in [6.45, 7) is 4.92. The van der Waals surface area contributed by atoms with E-state index in [2.05, 4.69) is 22.4 Å². The van der Waals surface area contributed by atoms with Gasteiger partial charge in [0.25, 0.3) is 0 Å². The lowest BCUT2D eigenvalue weighted by Gasteiger charge is -2.28. The van der Waals surface area contributed by atoms with E-state index in [-0.39, 0.29) is 12.0 Å². The van der Waals surface area contributed by atoms with Crippen LogP contribution in [0.15, 0.2) is 22.7 Å². The van der Waals surface area contributed by atoms with Crippen molar-refractivity contribution in [3.8, 4) is 11.4 Å². The molecule has 9 nitrogen and oxygen atoms in total. The quantitative estimate of drug-likeness (QED) is 0.501. The van der Waals surface area contributed by atoms with Crippen LogP contribution in [0.3, 0.4) is 0 Å². The zero-order valence-corrected chi connectivity index (χ0v) is 18.7. The van der Waals surface area contributed by atoms with E-state index in [0.717, 1.165) is 49.2 Å². The Labute approximate surface area is 188 Å². The fourth-order valence-electron chi connectivity index (χ4n) is 3.64. The monoisotopic (exact) mass is 441 g/mol. The molecule has 0 bridgehead atoms. The lowest BCUT2D eigenvalue weighted by Crippen LogP contribution is -2.40. The van der Waals surface area contributed by atoms with Crippen molar-refractivity contribution < 1.29 is 18.8 Å². The molecule has 32 heavy (non-hydrogen) atoms. The van der Waals surface area contributed by atoms with Crippen LogP contribution in [0, 0.1) is 5.41 Å². The van der Waals surface area contributed by atoms with Gasteiger partial charge < -0.3 is 29.6 Å². The molecular formula is C23H31N5O4. The highest BCUT2D eigenvalue weighted by atomic mass is 16.5. The molecule has 2 saturated heterocycles. The molecule has 3 aliphatic rings. The van der Waals surface area contributed by atoms with E-state index >= 15 is 0 Å². The van der Waals surface area contributed by atoms with E-state index in [9.17, 15) is 4.79 Å². The van der Waals surface area contributed by atoms with Gasteiger partial charge in [0.15, 0.2) is 0 Å². The number of piperidine rings is 1. The second-order valence-electron chi connectivity index (χ2n) is 8.85. The number of carbonyl (C=O) groups excluding carboxylic acids is 1. The van der Waals surface area contributed by atoms with Gasteiger partial charge in [-0.05, 0) is 38.7 Å². The minimum atomic E-state index is 0.193.